The molecule has 0 spiro atoms. The number of anilines is 1. The summed E-state index contributed by atoms with van der Waals surface area (Å²) in [4.78, 5) is 7.61. The van der Waals surface area contributed by atoms with Crippen LogP contribution in [0.15, 0.2) is 30.3 Å². The fourth-order valence-corrected chi connectivity index (χ4v) is 4.80. The summed E-state index contributed by atoms with van der Waals surface area (Å²) in [5, 5.41) is 0. The van der Waals surface area contributed by atoms with Crippen LogP contribution in [0.1, 0.15) is 55.3 Å². The van der Waals surface area contributed by atoms with Gasteiger partial charge in [-0.25, -0.2) is 4.98 Å². The summed E-state index contributed by atoms with van der Waals surface area (Å²) in [6.07, 6.45) is 6.47. The summed E-state index contributed by atoms with van der Waals surface area (Å²) >= 11 is 0. The molecule has 24 heavy (non-hydrogen) atoms. The Morgan fingerprint density at radius 3 is 2.50 bits per heavy atom. The number of rotatable bonds is 2. The predicted molar refractivity (Wildman–Crippen MR) is 102 cm³/mol. The zero-order valence-electron chi connectivity index (χ0n) is 15.2. The van der Waals surface area contributed by atoms with Crippen LogP contribution >= 0.6 is 0 Å². The minimum Gasteiger partial charge on any atom is -0.359 e. The van der Waals surface area contributed by atoms with Gasteiger partial charge in [0.1, 0.15) is 5.82 Å². The maximum atomic E-state index is 5.22. The molecule has 2 heteroatoms. The zero-order valence-corrected chi connectivity index (χ0v) is 15.2. The molecule has 1 aromatic carbocycles. The van der Waals surface area contributed by atoms with E-state index in [1.807, 2.05) is 0 Å². The van der Waals surface area contributed by atoms with Crippen molar-refractivity contribution >= 4 is 5.82 Å². The number of benzene rings is 1. The van der Waals surface area contributed by atoms with Crippen LogP contribution in [0.3, 0.4) is 0 Å². The fourth-order valence-electron chi connectivity index (χ4n) is 4.80. The summed E-state index contributed by atoms with van der Waals surface area (Å²) in [7, 11) is 2.21. The van der Waals surface area contributed by atoms with Gasteiger partial charge in [0, 0.05) is 30.8 Å². The number of hydrogen-bond donors (Lipinski definition) is 0. The van der Waals surface area contributed by atoms with E-state index < -0.39 is 0 Å². The van der Waals surface area contributed by atoms with Crippen molar-refractivity contribution in [1.82, 2.24) is 4.98 Å². The molecule has 1 atom stereocenters. The standard InChI is InChI=1S/C22H28N2/c1-15-13-19-20(17-9-5-4-6-10-17)16(2)21(18-11-7-8-12-18)23-22(19)24(3)14-15/h4-6,9-10,15,18H,7-8,11-14H2,1-3H3. The van der Waals surface area contributed by atoms with Gasteiger partial charge in [-0.2, -0.15) is 0 Å². The molecule has 0 N–H and O–H groups in total. The first kappa shape index (κ1) is 15.7. The second kappa shape index (κ2) is 6.23. The van der Waals surface area contributed by atoms with Crippen molar-refractivity contribution in [2.45, 2.75) is 51.9 Å². The molecule has 2 aromatic rings. The van der Waals surface area contributed by atoms with E-state index in [-0.39, 0.29) is 0 Å². The molecule has 1 aliphatic heterocycles. The molecule has 1 unspecified atom stereocenters. The van der Waals surface area contributed by atoms with Crippen LogP contribution in [0.2, 0.25) is 0 Å². The molecule has 4 rings (SSSR count). The molecule has 1 aromatic heterocycles. The molecule has 1 aliphatic carbocycles. The van der Waals surface area contributed by atoms with Crippen LogP contribution in [0.5, 0.6) is 0 Å². The first-order valence-corrected chi connectivity index (χ1v) is 9.45. The quantitative estimate of drug-likeness (QED) is 0.742. The van der Waals surface area contributed by atoms with Crippen molar-refractivity contribution in [2.75, 3.05) is 18.5 Å². The monoisotopic (exact) mass is 320 g/mol. The summed E-state index contributed by atoms with van der Waals surface area (Å²) in [6, 6.07) is 11.0. The molecule has 2 aliphatic rings. The normalized spacial score (nSPS) is 21.1. The first-order chi connectivity index (χ1) is 11.6. The SMILES string of the molecule is Cc1c(C2CCCC2)nc2c(c1-c1ccccc1)CC(C)CN2C. The van der Waals surface area contributed by atoms with E-state index in [2.05, 4.69) is 56.1 Å². The smallest absolute Gasteiger partial charge is 0.132 e. The Hall–Kier alpha value is -1.83. The summed E-state index contributed by atoms with van der Waals surface area (Å²) < 4.78 is 0. The van der Waals surface area contributed by atoms with Crippen LogP contribution in [0, 0.1) is 12.8 Å². The average Bonchev–Trinajstić information content (AvgIpc) is 3.09. The van der Waals surface area contributed by atoms with Gasteiger partial charge < -0.3 is 4.90 Å². The number of aromatic nitrogens is 1. The predicted octanol–water partition coefficient (Wildman–Crippen LogP) is 5.34. The molecule has 0 amide bonds. The van der Waals surface area contributed by atoms with Crippen molar-refractivity contribution in [3.8, 4) is 11.1 Å². The lowest BCUT2D eigenvalue weighted by atomic mass is 9.85. The Balaban J connectivity index is 1.95. The Kier molecular flexibility index (Phi) is 4.07. The van der Waals surface area contributed by atoms with E-state index in [0.717, 1.165) is 13.0 Å². The average molecular weight is 320 g/mol. The molecule has 0 bridgehead atoms. The Bertz CT molecular complexity index is 729. The summed E-state index contributed by atoms with van der Waals surface area (Å²) in [5.41, 5.74) is 7.07. The topological polar surface area (TPSA) is 16.1 Å². The van der Waals surface area contributed by atoms with E-state index in [9.17, 15) is 0 Å². The third-order valence-corrected chi connectivity index (χ3v) is 5.86. The minimum absolute atomic E-state index is 0.658. The third-order valence-electron chi connectivity index (χ3n) is 5.86. The van der Waals surface area contributed by atoms with Crippen molar-refractivity contribution in [1.29, 1.82) is 0 Å². The number of fused-ring (bicyclic) bond motifs is 1. The molecular formula is C22H28N2. The highest BCUT2D eigenvalue weighted by Crippen LogP contribution is 2.43. The minimum atomic E-state index is 0.658. The van der Waals surface area contributed by atoms with Crippen molar-refractivity contribution in [3.05, 3.63) is 47.2 Å². The molecular weight excluding hydrogens is 292 g/mol. The Morgan fingerprint density at radius 1 is 1.08 bits per heavy atom. The largest absolute Gasteiger partial charge is 0.359 e. The molecule has 126 valence electrons. The summed E-state index contributed by atoms with van der Waals surface area (Å²) in [6.45, 7) is 5.78. The van der Waals surface area contributed by atoms with Gasteiger partial charge >= 0.3 is 0 Å². The van der Waals surface area contributed by atoms with Crippen LogP contribution < -0.4 is 4.90 Å². The van der Waals surface area contributed by atoms with Gasteiger partial charge in [-0.3, -0.25) is 0 Å². The highest BCUT2D eigenvalue weighted by Gasteiger charge is 2.29. The molecule has 2 heterocycles. The van der Waals surface area contributed by atoms with Crippen LogP contribution in [0.25, 0.3) is 11.1 Å². The van der Waals surface area contributed by atoms with Crippen LogP contribution in [-0.4, -0.2) is 18.6 Å². The van der Waals surface area contributed by atoms with Crippen molar-refractivity contribution in [2.24, 2.45) is 5.92 Å². The lowest BCUT2D eigenvalue weighted by Gasteiger charge is -2.34. The van der Waals surface area contributed by atoms with Crippen molar-refractivity contribution in [3.63, 3.8) is 0 Å². The van der Waals surface area contributed by atoms with E-state index in [1.54, 1.807) is 0 Å². The molecule has 1 fully saturated rings. The van der Waals surface area contributed by atoms with Crippen LogP contribution in [-0.2, 0) is 6.42 Å². The number of nitrogens with zero attached hydrogens (tertiary/aromatic N) is 2. The second-order valence-corrected chi connectivity index (χ2v) is 7.84. The molecule has 0 radical (unpaired) electrons. The van der Waals surface area contributed by atoms with Gasteiger partial charge in [-0.05, 0) is 48.8 Å². The third kappa shape index (κ3) is 2.62. The zero-order chi connectivity index (χ0) is 16.7. The van der Waals surface area contributed by atoms with Crippen LogP contribution in [0.4, 0.5) is 5.82 Å². The van der Waals surface area contributed by atoms with Gasteiger partial charge in [0.15, 0.2) is 0 Å². The highest BCUT2D eigenvalue weighted by molar-refractivity contribution is 5.77. The summed E-state index contributed by atoms with van der Waals surface area (Å²) in [5.74, 6) is 2.58. The van der Waals surface area contributed by atoms with Gasteiger partial charge in [0.2, 0.25) is 0 Å². The Morgan fingerprint density at radius 2 is 1.79 bits per heavy atom. The van der Waals surface area contributed by atoms with Gasteiger partial charge in [0.05, 0.1) is 0 Å². The van der Waals surface area contributed by atoms with E-state index in [4.69, 9.17) is 4.98 Å². The highest BCUT2D eigenvalue weighted by atomic mass is 15.2. The number of pyridine rings is 1. The van der Waals surface area contributed by atoms with Gasteiger partial charge in [-0.15, -0.1) is 0 Å². The maximum absolute atomic E-state index is 5.22. The second-order valence-electron chi connectivity index (χ2n) is 7.84. The molecule has 0 saturated heterocycles. The lowest BCUT2D eigenvalue weighted by molar-refractivity contribution is 0.543. The van der Waals surface area contributed by atoms with Gasteiger partial charge in [-0.1, -0.05) is 50.1 Å². The van der Waals surface area contributed by atoms with E-state index in [1.165, 1.54) is 59.4 Å². The maximum Gasteiger partial charge on any atom is 0.132 e. The fraction of sp³-hybridized carbons (Fsp3) is 0.500. The molecule has 2 nitrogen and oxygen atoms in total. The number of hydrogen-bond acceptors (Lipinski definition) is 2. The lowest BCUT2D eigenvalue weighted by Crippen LogP contribution is -2.32. The van der Waals surface area contributed by atoms with Gasteiger partial charge in [0.25, 0.3) is 0 Å². The van der Waals surface area contributed by atoms with E-state index >= 15 is 0 Å². The Labute approximate surface area is 145 Å². The van der Waals surface area contributed by atoms with Crippen molar-refractivity contribution < 1.29 is 0 Å². The van der Waals surface area contributed by atoms with E-state index in [0.29, 0.717) is 11.8 Å². The first-order valence-electron chi connectivity index (χ1n) is 9.45. The molecule has 1 saturated carbocycles.